The lowest BCUT2D eigenvalue weighted by Crippen LogP contribution is -2.38. The first-order valence-electron chi connectivity index (χ1n) is 13.9. The predicted molar refractivity (Wildman–Crippen MR) is 160 cm³/mol. The lowest BCUT2D eigenvalue weighted by molar-refractivity contribution is 0.0342. The molecule has 1 atom stereocenters. The molecule has 2 aromatic carbocycles. The zero-order chi connectivity index (χ0) is 28.0. The van der Waals surface area contributed by atoms with E-state index in [0.717, 1.165) is 76.3 Å². The summed E-state index contributed by atoms with van der Waals surface area (Å²) in [4.78, 5) is 27.9. The first-order valence-corrected chi connectivity index (χ1v) is 13.9. The second kappa shape index (κ2) is 15.7. The fourth-order valence-electron chi connectivity index (χ4n) is 4.76. The highest BCUT2D eigenvalue weighted by Gasteiger charge is 2.18. The van der Waals surface area contributed by atoms with Crippen LogP contribution in [0, 0.1) is 0 Å². The number of aldehydes is 1. The van der Waals surface area contributed by atoms with Gasteiger partial charge in [-0.2, -0.15) is 0 Å². The Morgan fingerprint density at radius 2 is 1.73 bits per heavy atom. The first-order chi connectivity index (χ1) is 19.8. The summed E-state index contributed by atoms with van der Waals surface area (Å²) in [6.45, 7) is 6.35. The molecule has 4 N–H and O–H groups in total. The highest BCUT2D eigenvalue weighted by molar-refractivity contribution is 5.99. The van der Waals surface area contributed by atoms with Crippen molar-refractivity contribution in [2.24, 2.45) is 5.73 Å². The van der Waals surface area contributed by atoms with Crippen molar-refractivity contribution in [3.8, 4) is 11.3 Å². The molecule has 40 heavy (non-hydrogen) atoms. The monoisotopic (exact) mass is 541 g/mol. The molecular formula is C31H39N7O2. The molecule has 0 spiro atoms. The van der Waals surface area contributed by atoms with Crippen LogP contribution in [0.15, 0.2) is 73.1 Å². The number of carbonyl (C=O) groups is 1. The molecule has 0 aliphatic carbocycles. The van der Waals surface area contributed by atoms with Crippen LogP contribution < -0.4 is 16.4 Å². The number of nitrogens with two attached hydrogens (primary N) is 1. The van der Waals surface area contributed by atoms with Gasteiger partial charge in [0.2, 0.25) is 0 Å². The lowest BCUT2D eigenvalue weighted by atomic mass is 10.0. The summed E-state index contributed by atoms with van der Waals surface area (Å²) < 4.78 is 5.43. The van der Waals surface area contributed by atoms with Crippen LogP contribution in [0.2, 0.25) is 0 Å². The van der Waals surface area contributed by atoms with E-state index in [0.29, 0.717) is 22.4 Å². The normalized spacial score (nSPS) is 17.1. The van der Waals surface area contributed by atoms with Gasteiger partial charge in [0.1, 0.15) is 17.4 Å². The van der Waals surface area contributed by atoms with E-state index >= 15 is 0 Å². The van der Waals surface area contributed by atoms with E-state index in [1.807, 2.05) is 42.5 Å². The highest BCUT2D eigenvalue weighted by Crippen LogP contribution is 2.27. The Morgan fingerprint density at radius 1 is 1.02 bits per heavy atom. The standard InChI is InChI=1S/C24H28N6O2.C6H6.CH5N/c31-15-19-12-21(18-5-3-17(4-6-18)14-30-8-10-32-11-9-30)29-23-22(19)26-16-27-24(23)28-20-2-1-7-25-13-20;1-2-4-6-5-3-1;1-2/h3-6,12,15-16,20,25H,1-2,7-11,13-14H2,(H,26,27,28);1-6H;2H2,1H3. The number of piperidine rings is 1. The number of fused-ring (bicyclic) bond motifs is 1. The van der Waals surface area contributed by atoms with E-state index < -0.39 is 0 Å². The van der Waals surface area contributed by atoms with E-state index in [4.69, 9.17) is 9.72 Å². The Kier molecular flexibility index (Phi) is 11.5. The van der Waals surface area contributed by atoms with Crippen LogP contribution in [-0.4, -0.2) is 78.6 Å². The average molecular weight is 542 g/mol. The predicted octanol–water partition coefficient (Wildman–Crippen LogP) is 3.76. The number of hydrogen-bond acceptors (Lipinski definition) is 9. The topological polar surface area (TPSA) is 118 Å². The second-order valence-electron chi connectivity index (χ2n) is 9.56. The van der Waals surface area contributed by atoms with E-state index in [9.17, 15) is 4.79 Å². The summed E-state index contributed by atoms with van der Waals surface area (Å²) in [6, 6.07) is 22.5. The third kappa shape index (κ3) is 8.12. The second-order valence-corrected chi connectivity index (χ2v) is 9.56. The molecule has 0 saturated carbocycles. The molecular weight excluding hydrogens is 502 g/mol. The number of ether oxygens (including phenoxy) is 1. The van der Waals surface area contributed by atoms with Crippen molar-refractivity contribution in [3.05, 3.63) is 84.2 Å². The zero-order valence-corrected chi connectivity index (χ0v) is 23.1. The molecule has 0 radical (unpaired) electrons. The van der Waals surface area contributed by atoms with Crippen molar-refractivity contribution >= 4 is 23.1 Å². The van der Waals surface area contributed by atoms with Gasteiger partial charge < -0.3 is 21.1 Å². The number of aromatic nitrogens is 3. The van der Waals surface area contributed by atoms with E-state index in [2.05, 4.69) is 55.5 Å². The molecule has 1 unspecified atom stereocenters. The van der Waals surface area contributed by atoms with Crippen molar-refractivity contribution < 1.29 is 9.53 Å². The van der Waals surface area contributed by atoms with Crippen LogP contribution in [0.3, 0.4) is 0 Å². The maximum absolute atomic E-state index is 11.8. The maximum atomic E-state index is 11.8. The summed E-state index contributed by atoms with van der Waals surface area (Å²) in [7, 11) is 1.50. The number of morpholine rings is 1. The van der Waals surface area contributed by atoms with Crippen molar-refractivity contribution in [1.29, 1.82) is 0 Å². The van der Waals surface area contributed by atoms with Gasteiger partial charge in [-0.25, -0.2) is 15.0 Å². The number of nitrogens with zero attached hydrogens (tertiary/aromatic N) is 4. The van der Waals surface area contributed by atoms with Gasteiger partial charge in [0.05, 0.1) is 18.9 Å². The SMILES string of the molecule is CN.O=Cc1cc(-c2ccc(CN3CCOCC3)cc2)nc2c(NC3CCCNC3)ncnc12.c1ccccc1. The number of rotatable bonds is 6. The number of anilines is 1. The summed E-state index contributed by atoms with van der Waals surface area (Å²) in [5, 5.41) is 6.91. The smallest absolute Gasteiger partial charge is 0.156 e. The molecule has 2 aliphatic heterocycles. The minimum absolute atomic E-state index is 0.284. The Balaban J connectivity index is 0.000000404. The summed E-state index contributed by atoms with van der Waals surface area (Å²) in [5.74, 6) is 0.678. The molecule has 4 heterocycles. The number of nitrogens with one attached hydrogen (secondary N) is 2. The Bertz CT molecular complexity index is 1280. The van der Waals surface area contributed by atoms with Gasteiger partial charge in [-0.3, -0.25) is 9.69 Å². The van der Waals surface area contributed by atoms with E-state index in [-0.39, 0.29) is 6.04 Å². The fraction of sp³-hybridized carbons (Fsp3) is 0.355. The number of benzene rings is 2. The Morgan fingerprint density at radius 3 is 2.35 bits per heavy atom. The largest absolute Gasteiger partial charge is 0.379 e. The molecule has 2 saturated heterocycles. The molecule has 0 amide bonds. The fourth-order valence-corrected chi connectivity index (χ4v) is 4.76. The minimum Gasteiger partial charge on any atom is -0.379 e. The molecule has 2 fully saturated rings. The van der Waals surface area contributed by atoms with Crippen molar-refractivity contribution in [1.82, 2.24) is 25.2 Å². The van der Waals surface area contributed by atoms with Crippen molar-refractivity contribution in [3.63, 3.8) is 0 Å². The number of pyridine rings is 1. The Hall–Kier alpha value is -3.76. The summed E-state index contributed by atoms with van der Waals surface area (Å²) >= 11 is 0. The van der Waals surface area contributed by atoms with Crippen LogP contribution in [0.5, 0.6) is 0 Å². The van der Waals surface area contributed by atoms with Crippen molar-refractivity contribution in [2.75, 3.05) is 51.8 Å². The molecule has 210 valence electrons. The number of hydrogen-bond donors (Lipinski definition) is 3. The van der Waals surface area contributed by atoms with Crippen LogP contribution in [0.25, 0.3) is 22.3 Å². The first kappa shape index (κ1) is 29.2. The number of carbonyl (C=O) groups excluding carboxylic acids is 1. The van der Waals surface area contributed by atoms with Gasteiger partial charge in [0, 0.05) is 43.3 Å². The van der Waals surface area contributed by atoms with Crippen LogP contribution >= 0.6 is 0 Å². The molecule has 2 aliphatic rings. The van der Waals surface area contributed by atoms with Gasteiger partial charge in [0.25, 0.3) is 0 Å². The Labute approximate surface area is 236 Å². The molecule has 2 aromatic heterocycles. The van der Waals surface area contributed by atoms with Gasteiger partial charge >= 0.3 is 0 Å². The van der Waals surface area contributed by atoms with Gasteiger partial charge in [-0.05, 0) is 38.1 Å². The average Bonchev–Trinajstić information content (AvgIpc) is 3.04. The van der Waals surface area contributed by atoms with Crippen LogP contribution in [0.1, 0.15) is 28.8 Å². The molecule has 6 rings (SSSR count). The molecule has 4 aromatic rings. The molecule has 9 nitrogen and oxygen atoms in total. The third-order valence-electron chi connectivity index (χ3n) is 6.81. The van der Waals surface area contributed by atoms with Crippen LogP contribution in [-0.2, 0) is 11.3 Å². The van der Waals surface area contributed by atoms with Gasteiger partial charge in [-0.1, -0.05) is 60.7 Å². The van der Waals surface area contributed by atoms with Crippen molar-refractivity contribution in [2.45, 2.75) is 25.4 Å². The molecule has 9 heteroatoms. The molecule has 0 bridgehead atoms. The summed E-state index contributed by atoms with van der Waals surface area (Å²) in [5.41, 5.74) is 9.20. The highest BCUT2D eigenvalue weighted by atomic mass is 16.5. The quantitative estimate of drug-likeness (QED) is 0.314. The minimum atomic E-state index is 0.284. The van der Waals surface area contributed by atoms with E-state index in [1.54, 1.807) is 0 Å². The van der Waals surface area contributed by atoms with Crippen LogP contribution in [0.4, 0.5) is 5.82 Å². The third-order valence-corrected chi connectivity index (χ3v) is 6.81. The summed E-state index contributed by atoms with van der Waals surface area (Å²) in [6.07, 6.45) is 4.54. The maximum Gasteiger partial charge on any atom is 0.156 e. The zero-order valence-electron chi connectivity index (χ0n) is 23.1. The van der Waals surface area contributed by atoms with E-state index in [1.165, 1.54) is 18.9 Å². The lowest BCUT2D eigenvalue weighted by Gasteiger charge is -2.26. The van der Waals surface area contributed by atoms with Gasteiger partial charge in [0.15, 0.2) is 12.1 Å². The van der Waals surface area contributed by atoms with Gasteiger partial charge in [-0.15, -0.1) is 0 Å².